The van der Waals surface area contributed by atoms with Gasteiger partial charge in [-0.15, -0.1) is 0 Å². The van der Waals surface area contributed by atoms with Crippen molar-refractivity contribution in [3.8, 4) is 0 Å². The summed E-state index contributed by atoms with van der Waals surface area (Å²) in [5, 5.41) is 4.75. The third-order valence-electron chi connectivity index (χ3n) is 3.05. The lowest BCUT2D eigenvalue weighted by molar-refractivity contribution is 0.682. The average Bonchev–Trinajstić information content (AvgIpc) is 2.51. The second-order valence-electron chi connectivity index (χ2n) is 3.93. The highest BCUT2D eigenvalue weighted by Crippen LogP contribution is 2.23. The first-order valence-electron chi connectivity index (χ1n) is 5.49. The van der Waals surface area contributed by atoms with Crippen LogP contribution in [0.15, 0.2) is 24.3 Å². The van der Waals surface area contributed by atoms with Crippen molar-refractivity contribution in [3.05, 3.63) is 35.5 Å². The molecule has 0 spiro atoms. The lowest BCUT2D eigenvalue weighted by atomic mass is 10.1. The van der Waals surface area contributed by atoms with Crippen molar-refractivity contribution in [1.82, 2.24) is 9.88 Å². The normalized spacial score (nSPS) is 11.1. The zero-order valence-electron chi connectivity index (χ0n) is 9.67. The molecule has 2 nitrogen and oxygen atoms in total. The summed E-state index contributed by atoms with van der Waals surface area (Å²) in [6.07, 6.45) is 0. The fourth-order valence-corrected chi connectivity index (χ4v) is 2.13. The molecule has 0 bridgehead atoms. The predicted octanol–water partition coefficient (Wildman–Crippen LogP) is 2.60. The van der Waals surface area contributed by atoms with Gasteiger partial charge in [-0.25, -0.2) is 0 Å². The summed E-state index contributed by atoms with van der Waals surface area (Å²) in [6, 6.07) is 8.57. The molecule has 0 saturated carbocycles. The van der Waals surface area contributed by atoms with Gasteiger partial charge in [0.1, 0.15) is 0 Å². The van der Waals surface area contributed by atoms with Crippen LogP contribution in [0.4, 0.5) is 0 Å². The minimum Gasteiger partial charge on any atom is -0.346 e. The Labute approximate surface area is 90.9 Å². The van der Waals surface area contributed by atoms with Crippen LogP contribution in [-0.2, 0) is 13.6 Å². The molecule has 0 atom stereocenters. The summed E-state index contributed by atoms with van der Waals surface area (Å²) in [4.78, 5) is 0. The Hall–Kier alpha value is -1.28. The molecular formula is C13H18N2. The topological polar surface area (TPSA) is 17.0 Å². The summed E-state index contributed by atoms with van der Waals surface area (Å²) in [7, 11) is 2.14. The van der Waals surface area contributed by atoms with Gasteiger partial charge < -0.3 is 9.88 Å². The van der Waals surface area contributed by atoms with Crippen LogP contribution in [0, 0.1) is 6.92 Å². The molecule has 2 aromatic rings. The van der Waals surface area contributed by atoms with Crippen LogP contribution in [0.1, 0.15) is 18.2 Å². The van der Waals surface area contributed by atoms with E-state index in [1.54, 1.807) is 0 Å². The van der Waals surface area contributed by atoms with Gasteiger partial charge in [-0.05, 0) is 25.1 Å². The molecule has 1 heterocycles. The highest BCUT2D eigenvalue weighted by Gasteiger charge is 2.09. The molecule has 0 saturated heterocycles. The first-order valence-corrected chi connectivity index (χ1v) is 5.49. The van der Waals surface area contributed by atoms with Crippen LogP contribution in [0.5, 0.6) is 0 Å². The minimum atomic E-state index is 0.952. The van der Waals surface area contributed by atoms with Crippen molar-refractivity contribution in [2.75, 3.05) is 6.54 Å². The van der Waals surface area contributed by atoms with Gasteiger partial charge in [-0.3, -0.25) is 0 Å². The smallest absolute Gasteiger partial charge is 0.0483 e. The summed E-state index contributed by atoms with van der Waals surface area (Å²) in [5.41, 5.74) is 4.11. The van der Waals surface area contributed by atoms with Crippen molar-refractivity contribution in [2.24, 2.45) is 7.05 Å². The van der Waals surface area contributed by atoms with E-state index < -0.39 is 0 Å². The predicted molar refractivity (Wildman–Crippen MR) is 65.0 cm³/mol. The van der Waals surface area contributed by atoms with E-state index in [-0.39, 0.29) is 0 Å². The number of nitrogens with zero attached hydrogens (tertiary/aromatic N) is 1. The molecule has 0 aliphatic carbocycles. The standard InChI is InChI=1S/C13H18N2/c1-4-14-9-13-10(2)11-7-5-6-8-12(11)15(13)3/h5-8,14H,4,9H2,1-3H3. The molecule has 15 heavy (non-hydrogen) atoms. The van der Waals surface area contributed by atoms with Crippen molar-refractivity contribution in [2.45, 2.75) is 20.4 Å². The second-order valence-corrected chi connectivity index (χ2v) is 3.93. The third-order valence-corrected chi connectivity index (χ3v) is 3.05. The Balaban J connectivity index is 2.54. The Bertz CT molecular complexity index is 430. The zero-order valence-corrected chi connectivity index (χ0v) is 9.67. The zero-order chi connectivity index (χ0) is 10.8. The molecule has 2 rings (SSSR count). The van der Waals surface area contributed by atoms with E-state index >= 15 is 0 Å². The van der Waals surface area contributed by atoms with E-state index in [9.17, 15) is 0 Å². The first kappa shape index (κ1) is 10.2. The van der Waals surface area contributed by atoms with Gasteiger partial charge in [0.25, 0.3) is 0 Å². The van der Waals surface area contributed by atoms with E-state index in [2.05, 4.69) is 55.0 Å². The Morgan fingerprint density at radius 1 is 1.27 bits per heavy atom. The quantitative estimate of drug-likeness (QED) is 0.809. The maximum absolute atomic E-state index is 3.39. The maximum Gasteiger partial charge on any atom is 0.0483 e. The fourth-order valence-electron chi connectivity index (χ4n) is 2.13. The SMILES string of the molecule is CCNCc1c(C)c2ccccc2n1C. The molecular weight excluding hydrogens is 184 g/mol. The highest BCUT2D eigenvalue weighted by atomic mass is 15.0. The van der Waals surface area contributed by atoms with Gasteiger partial charge in [0.15, 0.2) is 0 Å². The Kier molecular flexibility index (Phi) is 2.78. The number of aromatic nitrogens is 1. The summed E-state index contributed by atoms with van der Waals surface area (Å²) < 4.78 is 2.29. The van der Waals surface area contributed by atoms with Crippen molar-refractivity contribution in [3.63, 3.8) is 0 Å². The second kappa shape index (κ2) is 4.07. The molecule has 1 aromatic carbocycles. The molecule has 0 radical (unpaired) electrons. The molecule has 1 aromatic heterocycles. The number of fused-ring (bicyclic) bond motifs is 1. The van der Waals surface area contributed by atoms with Crippen LogP contribution in [0.2, 0.25) is 0 Å². The van der Waals surface area contributed by atoms with E-state index in [1.165, 1.54) is 22.2 Å². The first-order chi connectivity index (χ1) is 7.25. The number of nitrogens with one attached hydrogen (secondary N) is 1. The van der Waals surface area contributed by atoms with Crippen molar-refractivity contribution >= 4 is 10.9 Å². The van der Waals surface area contributed by atoms with E-state index in [0.29, 0.717) is 0 Å². The molecule has 80 valence electrons. The summed E-state index contributed by atoms with van der Waals surface area (Å²) >= 11 is 0. The molecule has 0 unspecified atom stereocenters. The Morgan fingerprint density at radius 3 is 2.67 bits per heavy atom. The molecule has 0 aliphatic heterocycles. The van der Waals surface area contributed by atoms with Gasteiger partial charge in [0.2, 0.25) is 0 Å². The van der Waals surface area contributed by atoms with E-state index in [0.717, 1.165) is 13.1 Å². The van der Waals surface area contributed by atoms with Crippen LogP contribution in [-0.4, -0.2) is 11.1 Å². The molecule has 1 N–H and O–H groups in total. The lowest BCUT2D eigenvalue weighted by Crippen LogP contribution is -2.15. The molecule has 0 aliphatic rings. The molecule has 0 fully saturated rings. The van der Waals surface area contributed by atoms with Crippen LogP contribution in [0.25, 0.3) is 10.9 Å². The largest absolute Gasteiger partial charge is 0.346 e. The van der Waals surface area contributed by atoms with Gasteiger partial charge in [-0.2, -0.15) is 0 Å². The fraction of sp³-hybridized carbons (Fsp3) is 0.385. The number of hydrogen-bond acceptors (Lipinski definition) is 1. The van der Waals surface area contributed by atoms with Gasteiger partial charge in [0, 0.05) is 30.2 Å². The molecule has 0 amide bonds. The van der Waals surface area contributed by atoms with Crippen molar-refractivity contribution in [1.29, 1.82) is 0 Å². The number of rotatable bonds is 3. The number of aryl methyl sites for hydroxylation is 2. The van der Waals surface area contributed by atoms with Crippen molar-refractivity contribution < 1.29 is 0 Å². The lowest BCUT2D eigenvalue weighted by Gasteiger charge is -2.05. The number of para-hydroxylation sites is 1. The number of hydrogen-bond donors (Lipinski definition) is 1. The monoisotopic (exact) mass is 202 g/mol. The van der Waals surface area contributed by atoms with Gasteiger partial charge in [0.05, 0.1) is 0 Å². The van der Waals surface area contributed by atoms with E-state index in [1.807, 2.05) is 0 Å². The summed E-state index contributed by atoms with van der Waals surface area (Å²) in [6.45, 7) is 6.31. The van der Waals surface area contributed by atoms with Crippen LogP contribution >= 0.6 is 0 Å². The Morgan fingerprint density at radius 2 is 2.00 bits per heavy atom. The van der Waals surface area contributed by atoms with Crippen LogP contribution < -0.4 is 5.32 Å². The van der Waals surface area contributed by atoms with Gasteiger partial charge in [-0.1, -0.05) is 25.1 Å². The highest BCUT2D eigenvalue weighted by molar-refractivity contribution is 5.85. The third kappa shape index (κ3) is 1.65. The summed E-state index contributed by atoms with van der Waals surface area (Å²) in [5.74, 6) is 0. The minimum absolute atomic E-state index is 0.952. The van der Waals surface area contributed by atoms with Gasteiger partial charge >= 0.3 is 0 Å². The maximum atomic E-state index is 3.39. The number of benzene rings is 1. The molecule has 2 heteroatoms. The van der Waals surface area contributed by atoms with Crippen LogP contribution in [0.3, 0.4) is 0 Å². The van der Waals surface area contributed by atoms with E-state index in [4.69, 9.17) is 0 Å². The average molecular weight is 202 g/mol.